The first-order valence-electron chi connectivity index (χ1n) is 6.86. The van der Waals surface area contributed by atoms with Crippen molar-refractivity contribution in [3.63, 3.8) is 0 Å². The van der Waals surface area contributed by atoms with Crippen LogP contribution in [0.4, 0.5) is 11.4 Å². The molecule has 1 fully saturated rings. The predicted molar refractivity (Wildman–Crippen MR) is 80.7 cm³/mol. The van der Waals surface area contributed by atoms with Gasteiger partial charge in [-0.1, -0.05) is 0 Å². The van der Waals surface area contributed by atoms with Gasteiger partial charge in [0.1, 0.15) is 5.56 Å². The molecular weight excluding hydrogens is 290 g/mol. The fraction of sp³-hybridized carbons (Fsp3) is 0.500. The summed E-state index contributed by atoms with van der Waals surface area (Å²) < 4.78 is 9.76. The summed E-state index contributed by atoms with van der Waals surface area (Å²) >= 11 is 0. The second-order valence-electron chi connectivity index (χ2n) is 5.08. The molecule has 0 aromatic heterocycles. The van der Waals surface area contributed by atoms with Crippen LogP contribution >= 0.6 is 0 Å². The number of piperazine rings is 1. The third-order valence-electron chi connectivity index (χ3n) is 3.73. The molecule has 1 saturated heterocycles. The molecule has 0 bridgehead atoms. The minimum absolute atomic E-state index is 0.0631. The molecule has 22 heavy (non-hydrogen) atoms. The van der Waals surface area contributed by atoms with Crippen molar-refractivity contribution < 1.29 is 19.2 Å². The van der Waals surface area contributed by atoms with Gasteiger partial charge in [-0.25, -0.2) is 4.79 Å². The molecule has 0 radical (unpaired) electrons. The van der Waals surface area contributed by atoms with Gasteiger partial charge in [0.25, 0.3) is 0 Å². The summed E-state index contributed by atoms with van der Waals surface area (Å²) in [5.41, 5.74) is 0.452. The van der Waals surface area contributed by atoms with E-state index in [9.17, 15) is 14.9 Å². The van der Waals surface area contributed by atoms with Gasteiger partial charge in [0.2, 0.25) is 5.75 Å². The van der Waals surface area contributed by atoms with Crippen molar-refractivity contribution in [1.82, 2.24) is 4.90 Å². The molecule has 0 aliphatic carbocycles. The fourth-order valence-corrected chi connectivity index (χ4v) is 2.46. The number of benzene rings is 1. The quantitative estimate of drug-likeness (QED) is 0.468. The van der Waals surface area contributed by atoms with Gasteiger partial charge in [-0.2, -0.15) is 0 Å². The Morgan fingerprint density at radius 2 is 1.86 bits per heavy atom. The average molecular weight is 309 g/mol. The zero-order valence-electron chi connectivity index (χ0n) is 12.9. The van der Waals surface area contributed by atoms with Gasteiger partial charge in [-0.05, 0) is 13.1 Å². The van der Waals surface area contributed by atoms with Crippen molar-refractivity contribution in [1.29, 1.82) is 0 Å². The minimum Gasteiger partial charge on any atom is -0.490 e. The van der Waals surface area contributed by atoms with Crippen LogP contribution < -0.4 is 9.64 Å². The number of rotatable bonds is 4. The highest BCUT2D eigenvalue weighted by atomic mass is 16.6. The standard InChI is InChI=1S/C14H19N3O5/c1-15-4-6-16(7-5-15)10-8-11(14(18)22-3)13(21-2)12(9-10)17(19)20/h8-9H,4-7H2,1-3H3. The molecule has 8 nitrogen and oxygen atoms in total. The van der Waals surface area contributed by atoms with E-state index in [0.717, 1.165) is 26.2 Å². The largest absolute Gasteiger partial charge is 0.490 e. The molecule has 0 atom stereocenters. The Bertz CT molecular complexity index is 582. The number of carbonyl (C=O) groups excluding carboxylic acids is 1. The van der Waals surface area contributed by atoms with E-state index in [2.05, 4.69) is 4.90 Å². The third-order valence-corrected chi connectivity index (χ3v) is 3.73. The van der Waals surface area contributed by atoms with Crippen molar-refractivity contribution in [3.8, 4) is 5.75 Å². The normalized spacial score (nSPS) is 15.5. The monoisotopic (exact) mass is 309 g/mol. The number of esters is 1. The van der Waals surface area contributed by atoms with Crippen LogP contribution in [0.3, 0.4) is 0 Å². The molecule has 8 heteroatoms. The van der Waals surface area contributed by atoms with Crippen LogP contribution in [0.5, 0.6) is 5.75 Å². The van der Waals surface area contributed by atoms with Crippen LogP contribution in [-0.2, 0) is 4.74 Å². The lowest BCUT2D eigenvalue weighted by Gasteiger charge is -2.34. The lowest BCUT2D eigenvalue weighted by atomic mass is 10.1. The number of likely N-dealkylation sites (N-methyl/N-ethyl adjacent to an activating group) is 1. The van der Waals surface area contributed by atoms with Gasteiger partial charge >= 0.3 is 11.7 Å². The lowest BCUT2D eigenvalue weighted by molar-refractivity contribution is -0.385. The van der Waals surface area contributed by atoms with E-state index in [1.54, 1.807) is 6.07 Å². The highest BCUT2D eigenvalue weighted by Crippen LogP contribution is 2.36. The number of nitro benzene ring substituents is 1. The van der Waals surface area contributed by atoms with E-state index < -0.39 is 10.9 Å². The van der Waals surface area contributed by atoms with Crippen molar-refractivity contribution in [2.75, 3.05) is 52.3 Å². The summed E-state index contributed by atoms with van der Waals surface area (Å²) in [5, 5.41) is 11.3. The maximum atomic E-state index is 11.9. The van der Waals surface area contributed by atoms with Gasteiger partial charge in [0, 0.05) is 37.9 Å². The zero-order valence-corrected chi connectivity index (χ0v) is 12.9. The Labute approximate surface area is 128 Å². The summed E-state index contributed by atoms with van der Waals surface area (Å²) in [7, 11) is 4.55. The van der Waals surface area contributed by atoms with Gasteiger partial charge in [0.05, 0.1) is 19.1 Å². The van der Waals surface area contributed by atoms with Gasteiger partial charge in [-0.15, -0.1) is 0 Å². The molecule has 120 valence electrons. The third kappa shape index (κ3) is 3.11. The van der Waals surface area contributed by atoms with Gasteiger partial charge in [0.15, 0.2) is 0 Å². The Morgan fingerprint density at radius 3 is 2.36 bits per heavy atom. The van der Waals surface area contributed by atoms with Crippen molar-refractivity contribution in [3.05, 3.63) is 27.8 Å². The van der Waals surface area contributed by atoms with Crippen LogP contribution in [0.1, 0.15) is 10.4 Å². The molecule has 0 N–H and O–H groups in total. The van der Waals surface area contributed by atoms with Crippen LogP contribution in [0, 0.1) is 10.1 Å². The van der Waals surface area contributed by atoms with E-state index in [1.807, 2.05) is 11.9 Å². The Kier molecular flexibility index (Phi) is 4.81. The Hall–Kier alpha value is -2.35. The molecule has 1 aliphatic rings. The molecule has 0 unspecified atom stereocenters. The van der Waals surface area contributed by atoms with E-state index in [-0.39, 0.29) is 17.0 Å². The average Bonchev–Trinajstić information content (AvgIpc) is 2.53. The van der Waals surface area contributed by atoms with Crippen molar-refractivity contribution in [2.45, 2.75) is 0 Å². The molecule has 2 rings (SSSR count). The van der Waals surface area contributed by atoms with Crippen LogP contribution in [0.15, 0.2) is 12.1 Å². The Morgan fingerprint density at radius 1 is 1.23 bits per heavy atom. The number of methoxy groups -OCH3 is 2. The highest BCUT2D eigenvalue weighted by molar-refractivity contribution is 5.95. The summed E-state index contributed by atoms with van der Waals surface area (Å²) in [6.07, 6.45) is 0. The summed E-state index contributed by atoms with van der Waals surface area (Å²) in [4.78, 5) is 26.8. The molecule has 1 heterocycles. The number of ether oxygens (including phenoxy) is 2. The number of nitro groups is 1. The molecule has 0 amide bonds. The minimum atomic E-state index is -0.657. The number of carbonyl (C=O) groups is 1. The number of anilines is 1. The summed E-state index contributed by atoms with van der Waals surface area (Å²) in [5.74, 6) is -0.731. The van der Waals surface area contributed by atoms with E-state index in [1.165, 1.54) is 20.3 Å². The van der Waals surface area contributed by atoms with Crippen molar-refractivity contribution >= 4 is 17.3 Å². The first-order valence-corrected chi connectivity index (χ1v) is 6.86. The van der Waals surface area contributed by atoms with Gasteiger partial charge < -0.3 is 19.3 Å². The van der Waals surface area contributed by atoms with Gasteiger partial charge in [-0.3, -0.25) is 10.1 Å². The maximum absolute atomic E-state index is 11.9. The Balaban J connectivity index is 2.49. The molecule has 0 saturated carbocycles. The van der Waals surface area contributed by atoms with Crippen LogP contribution in [0.2, 0.25) is 0 Å². The molecule has 0 spiro atoms. The first kappa shape index (κ1) is 16.0. The summed E-state index contributed by atoms with van der Waals surface area (Å²) in [6.45, 7) is 3.18. The van der Waals surface area contributed by atoms with E-state index in [0.29, 0.717) is 5.69 Å². The van der Waals surface area contributed by atoms with E-state index in [4.69, 9.17) is 9.47 Å². The number of nitrogens with zero attached hydrogens (tertiary/aromatic N) is 3. The SMILES string of the molecule is COC(=O)c1cc(N2CCN(C)CC2)cc([N+](=O)[O-])c1OC. The maximum Gasteiger partial charge on any atom is 0.341 e. The topological polar surface area (TPSA) is 85.2 Å². The fourth-order valence-electron chi connectivity index (χ4n) is 2.46. The predicted octanol–water partition coefficient (Wildman–Crippen LogP) is 1.14. The van der Waals surface area contributed by atoms with Crippen LogP contribution in [-0.4, -0.2) is 63.2 Å². The molecular formula is C14H19N3O5. The zero-order chi connectivity index (χ0) is 16.3. The lowest BCUT2D eigenvalue weighted by Crippen LogP contribution is -2.44. The highest BCUT2D eigenvalue weighted by Gasteiger charge is 2.27. The molecule has 1 aliphatic heterocycles. The van der Waals surface area contributed by atoms with Crippen LogP contribution in [0.25, 0.3) is 0 Å². The number of hydrogen-bond donors (Lipinski definition) is 0. The molecule has 1 aromatic carbocycles. The smallest absolute Gasteiger partial charge is 0.341 e. The second-order valence-corrected chi connectivity index (χ2v) is 5.08. The first-order chi connectivity index (χ1) is 10.5. The summed E-state index contributed by atoms with van der Waals surface area (Å²) in [6, 6.07) is 3.03. The van der Waals surface area contributed by atoms with E-state index >= 15 is 0 Å². The second kappa shape index (κ2) is 6.61. The number of hydrogen-bond acceptors (Lipinski definition) is 7. The molecule has 1 aromatic rings. The van der Waals surface area contributed by atoms with Crippen molar-refractivity contribution in [2.24, 2.45) is 0 Å².